The summed E-state index contributed by atoms with van der Waals surface area (Å²) in [4.78, 5) is 0. The van der Waals surface area contributed by atoms with Gasteiger partial charge in [0.2, 0.25) is 0 Å². The van der Waals surface area contributed by atoms with Crippen molar-refractivity contribution in [3.63, 3.8) is 0 Å². The Morgan fingerprint density at radius 2 is 1.86 bits per heavy atom. The zero-order chi connectivity index (χ0) is 10.4. The molecule has 0 heteroatoms. The van der Waals surface area contributed by atoms with Gasteiger partial charge in [-0.3, -0.25) is 0 Å². The van der Waals surface area contributed by atoms with Crippen LogP contribution in [0.25, 0.3) is 0 Å². The average Bonchev–Trinajstić information content (AvgIpc) is 2.20. The molecule has 0 aromatic heterocycles. The van der Waals surface area contributed by atoms with Crippen LogP contribution in [-0.2, 0) is 6.42 Å². The highest BCUT2D eigenvalue weighted by Crippen LogP contribution is 2.18. The molecular formula is C14H20. The van der Waals surface area contributed by atoms with Crippen LogP contribution in [0.1, 0.15) is 25.8 Å². The molecule has 1 atom stereocenters. The molecule has 1 aromatic carbocycles. The molecule has 0 N–H and O–H groups in total. The molecule has 1 aromatic rings. The van der Waals surface area contributed by atoms with Crippen molar-refractivity contribution < 1.29 is 0 Å². The SMILES string of the molecule is C=CC(CCc1ccccc1)C(C)C. The van der Waals surface area contributed by atoms with Crippen LogP contribution >= 0.6 is 0 Å². The van der Waals surface area contributed by atoms with Crippen molar-refractivity contribution in [2.24, 2.45) is 11.8 Å². The summed E-state index contributed by atoms with van der Waals surface area (Å²) in [5.41, 5.74) is 1.43. The predicted molar refractivity (Wildman–Crippen MR) is 63.3 cm³/mol. The van der Waals surface area contributed by atoms with E-state index < -0.39 is 0 Å². The smallest absolute Gasteiger partial charge is 0.0210 e. The largest absolute Gasteiger partial charge is 0.103 e. The first-order valence-electron chi connectivity index (χ1n) is 5.40. The molecule has 14 heavy (non-hydrogen) atoms. The second kappa shape index (κ2) is 5.64. The average molecular weight is 188 g/mol. The fraction of sp³-hybridized carbons (Fsp3) is 0.429. The third-order valence-corrected chi connectivity index (χ3v) is 2.77. The minimum Gasteiger partial charge on any atom is -0.103 e. The number of allylic oxidation sites excluding steroid dienone is 1. The summed E-state index contributed by atoms with van der Waals surface area (Å²) in [5, 5.41) is 0. The number of hydrogen-bond acceptors (Lipinski definition) is 0. The van der Waals surface area contributed by atoms with Crippen LogP contribution in [0.2, 0.25) is 0 Å². The molecular weight excluding hydrogens is 168 g/mol. The van der Waals surface area contributed by atoms with Crippen LogP contribution in [0, 0.1) is 11.8 Å². The van der Waals surface area contributed by atoms with Crippen LogP contribution in [-0.4, -0.2) is 0 Å². The Labute approximate surface area is 87.7 Å². The Morgan fingerprint density at radius 3 is 2.36 bits per heavy atom. The van der Waals surface area contributed by atoms with Crippen LogP contribution in [0.5, 0.6) is 0 Å². The van der Waals surface area contributed by atoms with Crippen molar-refractivity contribution in [1.82, 2.24) is 0 Å². The standard InChI is InChI=1S/C14H20/c1-4-14(12(2)3)11-10-13-8-6-5-7-9-13/h4-9,12,14H,1,10-11H2,2-3H3. The fourth-order valence-corrected chi connectivity index (χ4v) is 1.70. The van der Waals surface area contributed by atoms with Gasteiger partial charge in [-0.2, -0.15) is 0 Å². The van der Waals surface area contributed by atoms with Gasteiger partial charge in [0, 0.05) is 0 Å². The van der Waals surface area contributed by atoms with Crippen molar-refractivity contribution in [2.75, 3.05) is 0 Å². The maximum absolute atomic E-state index is 3.89. The lowest BCUT2D eigenvalue weighted by Crippen LogP contribution is -2.06. The fourth-order valence-electron chi connectivity index (χ4n) is 1.70. The first kappa shape index (κ1) is 11.0. The van der Waals surface area contributed by atoms with E-state index in [4.69, 9.17) is 0 Å². The monoisotopic (exact) mass is 188 g/mol. The summed E-state index contributed by atoms with van der Waals surface area (Å²) in [6.45, 7) is 8.42. The third kappa shape index (κ3) is 3.37. The van der Waals surface area contributed by atoms with Gasteiger partial charge in [0.05, 0.1) is 0 Å². The van der Waals surface area contributed by atoms with Gasteiger partial charge in [0.25, 0.3) is 0 Å². The molecule has 1 unspecified atom stereocenters. The summed E-state index contributed by atoms with van der Waals surface area (Å²) in [6.07, 6.45) is 4.47. The normalized spacial score (nSPS) is 12.8. The van der Waals surface area contributed by atoms with E-state index in [-0.39, 0.29) is 0 Å². The second-order valence-electron chi connectivity index (χ2n) is 4.17. The molecule has 0 spiro atoms. The number of benzene rings is 1. The maximum Gasteiger partial charge on any atom is -0.0210 e. The molecule has 0 radical (unpaired) electrons. The van der Waals surface area contributed by atoms with Crippen molar-refractivity contribution >= 4 is 0 Å². The second-order valence-corrected chi connectivity index (χ2v) is 4.17. The Balaban J connectivity index is 2.43. The van der Waals surface area contributed by atoms with Gasteiger partial charge < -0.3 is 0 Å². The van der Waals surface area contributed by atoms with Crippen LogP contribution < -0.4 is 0 Å². The lowest BCUT2D eigenvalue weighted by atomic mass is 9.90. The molecule has 0 heterocycles. The summed E-state index contributed by atoms with van der Waals surface area (Å²) in [7, 11) is 0. The minimum absolute atomic E-state index is 0.648. The zero-order valence-corrected chi connectivity index (χ0v) is 9.24. The summed E-state index contributed by atoms with van der Waals surface area (Å²) in [5.74, 6) is 1.35. The Hall–Kier alpha value is -1.04. The van der Waals surface area contributed by atoms with E-state index in [2.05, 4.69) is 56.8 Å². The lowest BCUT2D eigenvalue weighted by Gasteiger charge is -2.16. The Bertz CT molecular complexity index is 259. The maximum atomic E-state index is 3.89. The number of hydrogen-bond donors (Lipinski definition) is 0. The van der Waals surface area contributed by atoms with E-state index in [0.29, 0.717) is 11.8 Å². The summed E-state index contributed by atoms with van der Waals surface area (Å²) < 4.78 is 0. The highest BCUT2D eigenvalue weighted by Gasteiger charge is 2.08. The minimum atomic E-state index is 0.648. The van der Waals surface area contributed by atoms with Crippen LogP contribution in [0.4, 0.5) is 0 Å². The topological polar surface area (TPSA) is 0 Å². The zero-order valence-electron chi connectivity index (χ0n) is 9.24. The van der Waals surface area contributed by atoms with Gasteiger partial charge in [0.1, 0.15) is 0 Å². The third-order valence-electron chi connectivity index (χ3n) is 2.77. The van der Waals surface area contributed by atoms with Crippen molar-refractivity contribution in [1.29, 1.82) is 0 Å². The highest BCUT2D eigenvalue weighted by atomic mass is 14.1. The molecule has 0 amide bonds. The van der Waals surface area contributed by atoms with Gasteiger partial charge in [-0.05, 0) is 30.2 Å². The number of rotatable bonds is 5. The van der Waals surface area contributed by atoms with Crippen LogP contribution in [0.3, 0.4) is 0 Å². The molecule has 0 saturated carbocycles. The molecule has 1 rings (SSSR count). The van der Waals surface area contributed by atoms with Gasteiger partial charge >= 0.3 is 0 Å². The quantitative estimate of drug-likeness (QED) is 0.611. The predicted octanol–water partition coefficient (Wildman–Crippen LogP) is 4.08. The van der Waals surface area contributed by atoms with E-state index in [0.717, 1.165) is 6.42 Å². The molecule has 0 aliphatic carbocycles. The first-order valence-corrected chi connectivity index (χ1v) is 5.40. The molecule has 0 aliphatic rings. The van der Waals surface area contributed by atoms with Gasteiger partial charge in [-0.15, -0.1) is 6.58 Å². The van der Waals surface area contributed by atoms with Crippen molar-refractivity contribution in [2.45, 2.75) is 26.7 Å². The highest BCUT2D eigenvalue weighted by molar-refractivity contribution is 5.14. The Morgan fingerprint density at radius 1 is 1.21 bits per heavy atom. The molecule has 0 fully saturated rings. The van der Waals surface area contributed by atoms with E-state index in [1.807, 2.05) is 0 Å². The Kier molecular flexibility index (Phi) is 4.45. The van der Waals surface area contributed by atoms with Crippen molar-refractivity contribution in [3.8, 4) is 0 Å². The lowest BCUT2D eigenvalue weighted by molar-refractivity contribution is 0.437. The van der Waals surface area contributed by atoms with E-state index in [9.17, 15) is 0 Å². The number of aryl methyl sites for hydroxylation is 1. The summed E-state index contributed by atoms with van der Waals surface area (Å²) >= 11 is 0. The molecule has 0 nitrogen and oxygen atoms in total. The van der Waals surface area contributed by atoms with Gasteiger partial charge in [-0.25, -0.2) is 0 Å². The van der Waals surface area contributed by atoms with E-state index in [1.165, 1.54) is 12.0 Å². The van der Waals surface area contributed by atoms with Crippen molar-refractivity contribution in [3.05, 3.63) is 48.6 Å². The molecule has 0 aliphatic heterocycles. The van der Waals surface area contributed by atoms with E-state index in [1.54, 1.807) is 0 Å². The molecule has 0 bridgehead atoms. The van der Waals surface area contributed by atoms with E-state index >= 15 is 0 Å². The first-order chi connectivity index (χ1) is 6.74. The summed E-state index contributed by atoms with van der Waals surface area (Å²) in [6, 6.07) is 10.7. The van der Waals surface area contributed by atoms with Gasteiger partial charge in [0.15, 0.2) is 0 Å². The van der Waals surface area contributed by atoms with Gasteiger partial charge in [-0.1, -0.05) is 50.3 Å². The molecule has 0 saturated heterocycles. The van der Waals surface area contributed by atoms with Crippen LogP contribution in [0.15, 0.2) is 43.0 Å². The molecule has 76 valence electrons.